The Morgan fingerprint density at radius 1 is 0.966 bits per heavy atom. The maximum absolute atomic E-state index is 12.9. The Kier molecular flexibility index (Phi) is 3.96. The summed E-state index contributed by atoms with van der Waals surface area (Å²) in [5.74, 6) is 0.997. The predicted octanol–water partition coefficient (Wildman–Crippen LogP) is 5.15. The molecule has 0 saturated heterocycles. The lowest BCUT2D eigenvalue weighted by molar-refractivity contribution is 0.449. The molecule has 0 atom stereocenters. The summed E-state index contributed by atoms with van der Waals surface area (Å²) in [7, 11) is 0. The first kappa shape index (κ1) is 17.3. The van der Waals surface area contributed by atoms with Crippen LogP contribution in [0.3, 0.4) is 0 Å². The highest BCUT2D eigenvalue weighted by molar-refractivity contribution is 7.23. The molecule has 0 fully saturated rings. The number of benzene rings is 3. The fraction of sp³-hybridized carbons (Fsp3) is 0. The molecule has 0 bridgehead atoms. The normalized spacial score (nSPS) is 11.2. The predicted molar refractivity (Wildman–Crippen MR) is 114 cm³/mol. The molecule has 0 radical (unpaired) electrons. The van der Waals surface area contributed by atoms with Gasteiger partial charge in [-0.15, -0.1) is 0 Å². The third kappa shape index (κ3) is 2.97. The van der Waals surface area contributed by atoms with Crippen molar-refractivity contribution in [3.8, 4) is 28.6 Å². The molecule has 0 spiro atoms. The minimum atomic E-state index is -0.514. The van der Waals surface area contributed by atoms with E-state index in [1.165, 1.54) is 11.3 Å². The van der Waals surface area contributed by atoms with Gasteiger partial charge in [0.1, 0.15) is 17.1 Å². The van der Waals surface area contributed by atoms with E-state index < -0.39 is 11.2 Å². The van der Waals surface area contributed by atoms with Crippen LogP contribution in [0.5, 0.6) is 17.2 Å². The van der Waals surface area contributed by atoms with Gasteiger partial charge in [0.25, 0.3) is 0 Å². The van der Waals surface area contributed by atoms with Crippen LogP contribution in [-0.4, -0.2) is 10.1 Å². The Morgan fingerprint density at radius 3 is 2.45 bits per heavy atom. The average Bonchev–Trinajstić information content (AvgIpc) is 3.12. The van der Waals surface area contributed by atoms with Crippen molar-refractivity contribution in [2.24, 2.45) is 0 Å². The number of para-hydroxylation sites is 1. The van der Waals surface area contributed by atoms with E-state index in [1.807, 2.05) is 30.3 Å². The molecule has 0 unspecified atom stereocenters. The first-order valence-electron chi connectivity index (χ1n) is 8.78. The van der Waals surface area contributed by atoms with Gasteiger partial charge >= 0.3 is 0 Å². The highest BCUT2D eigenvalue weighted by Crippen LogP contribution is 2.36. The average molecular weight is 402 g/mol. The SMILES string of the molecule is Nc1nc2ccc3oc(-c4ccc(Oc5ccccc5)cc4)c(O)c(=O)c3c2s1. The van der Waals surface area contributed by atoms with Gasteiger partial charge in [-0.3, -0.25) is 4.79 Å². The number of nitrogen functional groups attached to an aromatic ring is 1. The van der Waals surface area contributed by atoms with Crippen LogP contribution in [0.2, 0.25) is 0 Å². The van der Waals surface area contributed by atoms with Crippen molar-refractivity contribution in [1.82, 2.24) is 4.98 Å². The lowest BCUT2D eigenvalue weighted by Gasteiger charge is -2.08. The molecule has 0 aliphatic carbocycles. The van der Waals surface area contributed by atoms with E-state index in [9.17, 15) is 9.90 Å². The van der Waals surface area contributed by atoms with Crippen molar-refractivity contribution >= 4 is 37.7 Å². The van der Waals surface area contributed by atoms with Crippen molar-refractivity contribution in [2.45, 2.75) is 0 Å². The number of nitrogens with two attached hydrogens (primary N) is 1. The molecule has 0 aliphatic heterocycles. The number of aromatic hydroxyl groups is 1. The van der Waals surface area contributed by atoms with Crippen molar-refractivity contribution in [3.05, 3.63) is 77.0 Å². The molecule has 0 aliphatic rings. The third-order valence-corrected chi connectivity index (χ3v) is 5.42. The van der Waals surface area contributed by atoms with Gasteiger partial charge in [-0.1, -0.05) is 29.5 Å². The number of aromatic nitrogens is 1. The van der Waals surface area contributed by atoms with Crippen molar-refractivity contribution < 1.29 is 14.3 Å². The van der Waals surface area contributed by atoms with E-state index in [1.54, 1.807) is 36.4 Å². The van der Waals surface area contributed by atoms with Gasteiger partial charge in [-0.05, 0) is 48.5 Å². The number of thiazole rings is 1. The molecule has 2 heterocycles. The lowest BCUT2D eigenvalue weighted by Crippen LogP contribution is -2.02. The second-order valence-electron chi connectivity index (χ2n) is 6.39. The summed E-state index contributed by atoms with van der Waals surface area (Å²) < 4.78 is 12.3. The van der Waals surface area contributed by atoms with Crippen LogP contribution in [-0.2, 0) is 0 Å². The monoisotopic (exact) mass is 402 g/mol. The topological polar surface area (TPSA) is 98.6 Å². The van der Waals surface area contributed by atoms with Gasteiger partial charge < -0.3 is 20.0 Å². The Bertz CT molecular complexity index is 1410. The van der Waals surface area contributed by atoms with Crippen molar-refractivity contribution in [1.29, 1.82) is 0 Å². The minimum Gasteiger partial charge on any atom is -0.502 e. The smallest absolute Gasteiger partial charge is 0.236 e. The zero-order chi connectivity index (χ0) is 20.0. The number of hydrogen-bond acceptors (Lipinski definition) is 7. The van der Waals surface area contributed by atoms with Crippen molar-refractivity contribution in [2.75, 3.05) is 5.73 Å². The number of rotatable bonds is 3. The van der Waals surface area contributed by atoms with Gasteiger partial charge in [0, 0.05) is 5.56 Å². The van der Waals surface area contributed by atoms with Gasteiger partial charge in [0.2, 0.25) is 11.2 Å². The first-order valence-corrected chi connectivity index (χ1v) is 9.60. The molecule has 0 saturated carbocycles. The second kappa shape index (κ2) is 6.65. The zero-order valence-corrected chi connectivity index (χ0v) is 15.8. The molecule has 6 nitrogen and oxygen atoms in total. The van der Waals surface area contributed by atoms with E-state index in [0.29, 0.717) is 38.0 Å². The van der Waals surface area contributed by atoms with Gasteiger partial charge in [0.05, 0.1) is 15.6 Å². The maximum Gasteiger partial charge on any atom is 0.236 e. The van der Waals surface area contributed by atoms with E-state index in [4.69, 9.17) is 14.9 Å². The molecule has 29 heavy (non-hydrogen) atoms. The summed E-state index contributed by atoms with van der Waals surface area (Å²) in [6.45, 7) is 0. The minimum absolute atomic E-state index is 0.102. The highest BCUT2D eigenvalue weighted by atomic mass is 32.1. The number of anilines is 1. The summed E-state index contributed by atoms with van der Waals surface area (Å²) in [6, 6.07) is 19.8. The highest BCUT2D eigenvalue weighted by Gasteiger charge is 2.19. The lowest BCUT2D eigenvalue weighted by atomic mass is 10.1. The second-order valence-corrected chi connectivity index (χ2v) is 7.42. The van der Waals surface area contributed by atoms with Crippen LogP contribution >= 0.6 is 11.3 Å². The van der Waals surface area contributed by atoms with E-state index in [-0.39, 0.29) is 11.1 Å². The van der Waals surface area contributed by atoms with E-state index in [2.05, 4.69) is 4.98 Å². The summed E-state index contributed by atoms with van der Waals surface area (Å²) >= 11 is 1.19. The van der Waals surface area contributed by atoms with Gasteiger partial charge in [-0.2, -0.15) is 0 Å². The number of hydrogen-bond donors (Lipinski definition) is 2. The number of fused-ring (bicyclic) bond motifs is 3. The standard InChI is InChI=1S/C22H14N2O4S/c23-22-24-15-10-11-16-17(21(15)29-22)18(25)19(26)20(28-16)12-6-8-14(9-7-12)27-13-4-2-1-3-5-13/h1-11,26H,(H2,23,24). The fourth-order valence-electron chi connectivity index (χ4n) is 3.17. The summed E-state index contributed by atoms with van der Waals surface area (Å²) in [4.78, 5) is 17.0. The Morgan fingerprint density at radius 2 is 1.69 bits per heavy atom. The Balaban J connectivity index is 1.59. The van der Waals surface area contributed by atoms with Crippen LogP contribution < -0.4 is 15.9 Å². The van der Waals surface area contributed by atoms with E-state index in [0.717, 1.165) is 0 Å². The third-order valence-electron chi connectivity index (χ3n) is 4.50. The molecular formula is C22H14N2O4S. The Labute approximate surface area is 168 Å². The molecule has 0 amide bonds. The van der Waals surface area contributed by atoms with Gasteiger partial charge in [0.15, 0.2) is 10.9 Å². The maximum atomic E-state index is 12.9. The molecule has 7 heteroatoms. The Hall–Kier alpha value is -3.84. The molecule has 5 aromatic rings. The molecule has 3 aromatic carbocycles. The first-order chi connectivity index (χ1) is 14.1. The molecule has 3 N–H and O–H groups in total. The summed E-state index contributed by atoms with van der Waals surface area (Å²) in [6.07, 6.45) is 0. The van der Waals surface area contributed by atoms with Crippen molar-refractivity contribution in [3.63, 3.8) is 0 Å². The largest absolute Gasteiger partial charge is 0.502 e. The summed E-state index contributed by atoms with van der Waals surface area (Å²) in [5.41, 5.74) is 6.77. The van der Waals surface area contributed by atoms with Gasteiger partial charge in [-0.25, -0.2) is 4.98 Å². The summed E-state index contributed by atoms with van der Waals surface area (Å²) in [5, 5.41) is 11.2. The van der Waals surface area contributed by atoms with Crippen LogP contribution in [0, 0.1) is 0 Å². The quantitative estimate of drug-likeness (QED) is 0.433. The van der Waals surface area contributed by atoms with Crippen LogP contribution in [0.1, 0.15) is 0 Å². The van der Waals surface area contributed by atoms with Crippen LogP contribution in [0.4, 0.5) is 5.13 Å². The molecule has 142 valence electrons. The number of nitrogens with zero attached hydrogens (tertiary/aromatic N) is 1. The van der Waals surface area contributed by atoms with Crippen LogP contribution in [0.25, 0.3) is 32.5 Å². The van der Waals surface area contributed by atoms with E-state index >= 15 is 0 Å². The fourth-order valence-corrected chi connectivity index (χ4v) is 4.03. The molecule has 5 rings (SSSR count). The number of ether oxygens (including phenoxy) is 1. The zero-order valence-electron chi connectivity index (χ0n) is 15.0. The molecular weight excluding hydrogens is 388 g/mol. The van der Waals surface area contributed by atoms with Crippen LogP contribution in [0.15, 0.2) is 75.9 Å². The molecule has 2 aromatic heterocycles.